The molecule has 0 aromatic heterocycles. The Bertz CT molecular complexity index is 1060. The fourth-order valence-corrected chi connectivity index (χ4v) is 5.62. The number of amides is 1. The fourth-order valence-electron chi connectivity index (χ4n) is 5.62. The number of carbonyl (C=O) groups is 1. The number of rotatable bonds is 7. The first-order chi connectivity index (χ1) is 15.9. The highest BCUT2D eigenvalue weighted by Gasteiger charge is 2.67. The van der Waals surface area contributed by atoms with Crippen LogP contribution in [0.5, 0.6) is 5.75 Å². The van der Waals surface area contributed by atoms with Gasteiger partial charge in [-0.1, -0.05) is 46.8 Å². The van der Waals surface area contributed by atoms with Crippen molar-refractivity contribution in [1.29, 1.82) is 0 Å². The number of hydrogen-bond acceptors (Lipinski definition) is 5. The molecular formula is C28H38N2O4. The SMILES string of the molecule is COc1ccc(C2(C(=O)Nc3ccc4c(c3)CC(C(C)(C)C)N4C[C@@H](O)CO)CC2(C)C)cc1. The average molecular weight is 467 g/mol. The number of ether oxygens (including phenoxy) is 1. The Hall–Kier alpha value is -2.57. The Labute approximate surface area is 202 Å². The van der Waals surface area contributed by atoms with E-state index in [2.05, 4.69) is 50.9 Å². The number of β-amino-alcohol motifs (C(OH)–C–C–N with tert-alkyl or cyclic N) is 1. The maximum absolute atomic E-state index is 13.6. The zero-order chi connectivity index (χ0) is 24.9. The Balaban J connectivity index is 1.59. The number of fused-ring (bicyclic) bond motifs is 1. The molecule has 2 unspecified atom stereocenters. The van der Waals surface area contributed by atoms with Crippen molar-refractivity contribution in [2.24, 2.45) is 10.8 Å². The molecule has 1 amide bonds. The average Bonchev–Trinajstić information content (AvgIpc) is 3.20. The highest BCUT2D eigenvalue weighted by Crippen LogP contribution is 2.64. The zero-order valence-electron chi connectivity index (χ0n) is 21.2. The van der Waals surface area contributed by atoms with Crippen LogP contribution >= 0.6 is 0 Å². The summed E-state index contributed by atoms with van der Waals surface area (Å²) in [5.41, 5.74) is 3.30. The van der Waals surface area contributed by atoms with Crippen LogP contribution in [0.3, 0.4) is 0 Å². The first-order valence-electron chi connectivity index (χ1n) is 12.1. The highest BCUT2D eigenvalue weighted by molar-refractivity contribution is 6.03. The Morgan fingerprint density at radius 2 is 1.85 bits per heavy atom. The number of benzene rings is 2. The molecule has 0 bridgehead atoms. The van der Waals surface area contributed by atoms with E-state index in [4.69, 9.17) is 4.74 Å². The molecule has 2 aromatic carbocycles. The molecular weight excluding hydrogens is 428 g/mol. The van der Waals surface area contributed by atoms with E-state index in [1.165, 1.54) is 0 Å². The van der Waals surface area contributed by atoms with Gasteiger partial charge in [-0.25, -0.2) is 0 Å². The maximum atomic E-state index is 13.6. The molecule has 3 atom stereocenters. The maximum Gasteiger partial charge on any atom is 0.235 e. The van der Waals surface area contributed by atoms with E-state index in [1.54, 1.807) is 7.11 Å². The molecule has 34 heavy (non-hydrogen) atoms. The van der Waals surface area contributed by atoms with E-state index < -0.39 is 11.5 Å². The van der Waals surface area contributed by atoms with Crippen LogP contribution in [0.4, 0.5) is 11.4 Å². The molecule has 4 rings (SSSR count). The zero-order valence-corrected chi connectivity index (χ0v) is 21.2. The van der Waals surface area contributed by atoms with Crippen LogP contribution < -0.4 is 15.0 Å². The van der Waals surface area contributed by atoms with Gasteiger partial charge in [-0.15, -0.1) is 0 Å². The van der Waals surface area contributed by atoms with Crippen molar-refractivity contribution >= 4 is 17.3 Å². The molecule has 1 heterocycles. The summed E-state index contributed by atoms with van der Waals surface area (Å²) in [7, 11) is 1.64. The topological polar surface area (TPSA) is 82.0 Å². The van der Waals surface area contributed by atoms with Gasteiger partial charge in [0, 0.05) is 24.0 Å². The van der Waals surface area contributed by atoms with Gasteiger partial charge in [0.05, 0.1) is 25.2 Å². The predicted octanol–water partition coefficient (Wildman–Crippen LogP) is 4.13. The largest absolute Gasteiger partial charge is 0.497 e. The van der Waals surface area contributed by atoms with Gasteiger partial charge in [-0.2, -0.15) is 0 Å². The number of methoxy groups -OCH3 is 1. The number of nitrogens with zero attached hydrogens (tertiary/aromatic N) is 1. The number of aliphatic hydroxyl groups is 2. The van der Waals surface area contributed by atoms with Crippen molar-refractivity contribution in [3.63, 3.8) is 0 Å². The van der Waals surface area contributed by atoms with Crippen LogP contribution in [0.2, 0.25) is 0 Å². The third-order valence-corrected chi connectivity index (χ3v) is 7.76. The van der Waals surface area contributed by atoms with Crippen LogP contribution in [0, 0.1) is 10.8 Å². The molecule has 0 saturated heterocycles. The first kappa shape index (κ1) is 24.6. The second-order valence-corrected chi connectivity index (χ2v) is 11.6. The normalized spacial score (nSPS) is 23.9. The molecule has 6 heteroatoms. The fraction of sp³-hybridized carbons (Fsp3) is 0.536. The van der Waals surface area contributed by atoms with E-state index in [-0.39, 0.29) is 29.4 Å². The molecule has 3 N–H and O–H groups in total. The Morgan fingerprint density at radius 1 is 1.21 bits per heavy atom. The summed E-state index contributed by atoms with van der Waals surface area (Å²) in [5.74, 6) is 0.793. The van der Waals surface area contributed by atoms with Crippen molar-refractivity contribution in [2.45, 2.75) is 65.0 Å². The molecule has 2 aliphatic rings. The Kier molecular flexibility index (Phi) is 6.19. The highest BCUT2D eigenvalue weighted by atomic mass is 16.5. The summed E-state index contributed by atoms with van der Waals surface area (Å²) in [4.78, 5) is 15.8. The molecule has 0 spiro atoms. The summed E-state index contributed by atoms with van der Waals surface area (Å²) in [6.45, 7) is 11.0. The van der Waals surface area contributed by atoms with E-state index in [0.29, 0.717) is 6.54 Å². The summed E-state index contributed by atoms with van der Waals surface area (Å²) >= 11 is 0. The van der Waals surface area contributed by atoms with Crippen LogP contribution in [0.25, 0.3) is 0 Å². The van der Waals surface area contributed by atoms with Crippen LogP contribution in [0.15, 0.2) is 42.5 Å². The van der Waals surface area contributed by atoms with E-state index in [0.717, 1.165) is 41.1 Å². The van der Waals surface area contributed by atoms with Gasteiger partial charge in [-0.3, -0.25) is 4.79 Å². The number of nitrogens with one attached hydrogen (secondary N) is 1. The molecule has 1 aliphatic heterocycles. The van der Waals surface area contributed by atoms with Gasteiger partial charge < -0.3 is 25.2 Å². The van der Waals surface area contributed by atoms with Crippen molar-refractivity contribution in [3.05, 3.63) is 53.6 Å². The molecule has 6 nitrogen and oxygen atoms in total. The molecule has 184 valence electrons. The predicted molar refractivity (Wildman–Crippen MR) is 136 cm³/mol. The molecule has 1 saturated carbocycles. The summed E-state index contributed by atoms with van der Waals surface area (Å²) < 4.78 is 5.29. The van der Waals surface area contributed by atoms with Gasteiger partial charge in [0.15, 0.2) is 0 Å². The number of carbonyl (C=O) groups excluding carboxylic acids is 1. The second kappa shape index (κ2) is 8.58. The minimum absolute atomic E-state index is 0.00588. The summed E-state index contributed by atoms with van der Waals surface area (Å²) in [6.07, 6.45) is 0.828. The number of anilines is 2. The van der Waals surface area contributed by atoms with E-state index in [9.17, 15) is 15.0 Å². The summed E-state index contributed by atoms with van der Waals surface area (Å²) in [5, 5.41) is 22.7. The standard InChI is InChI=1S/C28H38N2O4/c1-26(2,3)24-14-18-13-20(9-12-23(18)30(24)15-21(32)16-31)29-25(33)28(17-27(28,4)5)19-7-10-22(34-6)11-8-19/h7-13,21,24,31-32H,14-17H2,1-6H3,(H,29,33)/t21-,24?,28?/m1/s1. The number of aliphatic hydroxyl groups excluding tert-OH is 2. The lowest BCUT2D eigenvalue weighted by Crippen LogP contribution is -2.46. The quantitative estimate of drug-likeness (QED) is 0.572. The second-order valence-electron chi connectivity index (χ2n) is 11.6. The van der Waals surface area contributed by atoms with Crippen LogP contribution in [0.1, 0.15) is 52.2 Å². The van der Waals surface area contributed by atoms with Crippen molar-refractivity contribution in [1.82, 2.24) is 0 Å². The minimum Gasteiger partial charge on any atom is -0.497 e. The van der Waals surface area contributed by atoms with Gasteiger partial charge in [0.25, 0.3) is 0 Å². The van der Waals surface area contributed by atoms with Crippen molar-refractivity contribution < 1.29 is 19.7 Å². The third kappa shape index (κ3) is 4.18. The van der Waals surface area contributed by atoms with Crippen LogP contribution in [-0.4, -0.2) is 48.5 Å². The smallest absolute Gasteiger partial charge is 0.235 e. The van der Waals surface area contributed by atoms with Crippen molar-refractivity contribution in [3.8, 4) is 5.75 Å². The van der Waals surface area contributed by atoms with Crippen LogP contribution in [-0.2, 0) is 16.6 Å². The Morgan fingerprint density at radius 3 is 2.38 bits per heavy atom. The van der Waals surface area contributed by atoms with Gasteiger partial charge in [-0.05, 0) is 65.1 Å². The summed E-state index contributed by atoms with van der Waals surface area (Å²) in [6, 6.07) is 14.0. The minimum atomic E-state index is -0.795. The first-order valence-corrected chi connectivity index (χ1v) is 12.1. The van der Waals surface area contributed by atoms with E-state index in [1.807, 2.05) is 36.4 Å². The van der Waals surface area contributed by atoms with E-state index >= 15 is 0 Å². The monoisotopic (exact) mass is 466 g/mol. The van der Waals surface area contributed by atoms with Gasteiger partial charge >= 0.3 is 0 Å². The molecule has 1 aliphatic carbocycles. The van der Waals surface area contributed by atoms with Gasteiger partial charge in [0.1, 0.15) is 5.75 Å². The third-order valence-electron chi connectivity index (χ3n) is 7.76. The van der Waals surface area contributed by atoms with Gasteiger partial charge in [0.2, 0.25) is 5.91 Å². The lowest BCUT2D eigenvalue weighted by Gasteiger charge is -2.37. The molecule has 0 radical (unpaired) electrons. The number of hydrogen-bond donors (Lipinski definition) is 3. The lowest BCUT2D eigenvalue weighted by molar-refractivity contribution is -0.119. The molecule has 2 aromatic rings. The molecule has 1 fully saturated rings. The lowest BCUT2D eigenvalue weighted by atomic mass is 9.84. The van der Waals surface area contributed by atoms with Crippen molar-refractivity contribution in [2.75, 3.05) is 30.5 Å².